The topological polar surface area (TPSA) is 48.1 Å². The van der Waals surface area contributed by atoms with Gasteiger partial charge in [0, 0.05) is 11.8 Å². The van der Waals surface area contributed by atoms with E-state index in [1.165, 1.54) is 0 Å². The number of nitrogen functional groups attached to an aromatic ring is 1. The lowest BCUT2D eigenvalue weighted by atomic mass is 10.0. The van der Waals surface area contributed by atoms with Gasteiger partial charge in [-0.15, -0.1) is 0 Å². The largest absolute Gasteiger partial charge is 0.495 e. The molecule has 0 unspecified atom stereocenters. The molecule has 3 nitrogen and oxygen atoms in total. The van der Waals surface area contributed by atoms with E-state index in [9.17, 15) is 0 Å². The summed E-state index contributed by atoms with van der Waals surface area (Å²) in [5, 5.41) is 0.579. The van der Waals surface area contributed by atoms with Crippen LogP contribution in [0.15, 0.2) is 30.5 Å². The van der Waals surface area contributed by atoms with Crippen molar-refractivity contribution in [1.82, 2.24) is 4.98 Å². The summed E-state index contributed by atoms with van der Waals surface area (Å²) in [6.07, 6.45) is 1.74. The average molecular weight is 249 g/mol. The van der Waals surface area contributed by atoms with Crippen molar-refractivity contribution in [3.63, 3.8) is 0 Å². The smallest absolute Gasteiger partial charge is 0.138 e. The number of hydrogen-bond acceptors (Lipinski definition) is 3. The van der Waals surface area contributed by atoms with Crippen LogP contribution in [0.2, 0.25) is 5.02 Å². The highest BCUT2D eigenvalue weighted by Gasteiger charge is 2.07. The van der Waals surface area contributed by atoms with E-state index in [2.05, 4.69) is 4.98 Å². The molecule has 4 heteroatoms. The first-order valence-corrected chi connectivity index (χ1v) is 5.55. The summed E-state index contributed by atoms with van der Waals surface area (Å²) in [5.41, 5.74) is 8.76. The maximum absolute atomic E-state index is 5.98. The number of halogens is 1. The summed E-state index contributed by atoms with van der Waals surface area (Å²) < 4.78 is 5.18. The van der Waals surface area contributed by atoms with E-state index in [-0.39, 0.29) is 0 Å². The Hall–Kier alpha value is -1.74. The average Bonchev–Trinajstić information content (AvgIpc) is 2.33. The molecule has 0 aliphatic heterocycles. The molecule has 17 heavy (non-hydrogen) atoms. The van der Waals surface area contributed by atoms with Gasteiger partial charge >= 0.3 is 0 Å². The first kappa shape index (κ1) is 11.7. The highest BCUT2D eigenvalue weighted by Crippen LogP contribution is 2.32. The Morgan fingerprint density at radius 2 is 2.06 bits per heavy atom. The van der Waals surface area contributed by atoms with Gasteiger partial charge in [-0.25, -0.2) is 4.98 Å². The zero-order valence-electron chi connectivity index (χ0n) is 9.70. The molecule has 0 aliphatic carbocycles. The van der Waals surface area contributed by atoms with E-state index in [1.807, 2.05) is 25.1 Å². The number of nitrogens with two attached hydrogens (primary N) is 1. The number of aromatic nitrogens is 1. The summed E-state index contributed by atoms with van der Waals surface area (Å²) in [6, 6.07) is 7.54. The van der Waals surface area contributed by atoms with Crippen LogP contribution in [0, 0.1) is 6.92 Å². The van der Waals surface area contributed by atoms with E-state index in [0.29, 0.717) is 16.6 Å². The van der Waals surface area contributed by atoms with Crippen LogP contribution >= 0.6 is 11.6 Å². The molecule has 0 atom stereocenters. The zero-order valence-corrected chi connectivity index (χ0v) is 10.5. The molecular formula is C13H13ClN2O. The van der Waals surface area contributed by atoms with Gasteiger partial charge in [-0.3, -0.25) is 0 Å². The van der Waals surface area contributed by atoms with Crippen molar-refractivity contribution >= 4 is 17.4 Å². The molecule has 1 aromatic heterocycles. The molecule has 1 heterocycles. The van der Waals surface area contributed by atoms with Crippen molar-refractivity contribution in [2.45, 2.75) is 6.92 Å². The Labute approximate surface area is 105 Å². The normalized spacial score (nSPS) is 10.3. The number of ether oxygens (including phenoxy) is 1. The predicted molar refractivity (Wildman–Crippen MR) is 70.4 cm³/mol. The molecule has 0 spiro atoms. The number of pyridine rings is 1. The highest BCUT2D eigenvalue weighted by atomic mass is 35.5. The van der Waals surface area contributed by atoms with Crippen LogP contribution in [0.25, 0.3) is 11.1 Å². The Balaban J connectivity index is 2.56. The van der Waals surface area contributed by atoms with Gasteiger partial charge < -0.3 is 10.5 Å². The van der Waals surface area contributed by atoms with Gasteiger partial charge in [0.15, 0.2) is 0 Å². The number of benzene rings is 1. The molecule has 0 aliphatic rings. The lowest BCUT2D eigenvalue weighted by molar-refractivity contribution is 0.415. The third-order valence-electron chi connectivity index (χ3n) is 2.52. The van der Waals surface area contributed by atoms with Crippen molar-refractivity contribution in [3.05, 3.63) is 41.0 Å². The fourth-order valence-corrected chi connectivity index (χ4v) is 1.83. The summed E-state index contributed by atoms with van der Waals surface area (Å²) in [5.74, 6) is 1.13. The standard InChI is InChI=1S/C13H13ClN2O/c1-8-5-10(13(15)16-7-8)9-3-4-11(14)12(6-9)17-2/h3-7H,1-2H3,(H2,15,16). The third kappa shape index (κ3) is 2.34. The first-order chi connectivity index (χ1) is 8.11. The predicted octanol–water partition coefficient (Wildman–Crippen LogP) is 3.30. The Kier molecular flexibility index (Phi) is 3.20. The molecule has 0 saturated carbocycles. The van der Waals surface area contributed by atoms with Gasteiger partial charge in [0.1, 0.15) is 11.6 Å². The molecule has 88 valence electrons. The summed E-state index contributed by atoms with van der Waals surface area (Å²) in [7, 11) is 1.59. The minimum absolute atomic E-state index is 0.500. The number of anilines is 1. The van der Waals surface area contributed by atoms with Crippen LogP contribution in [-0.2, 0) is 0 Å². The molecule has 0 radical (unpaired) electrons. The lowest BCUT2D eigenvalue weighted by Gasteiger charge is -2.09. The molecular weight excluding hydrogens is 236 g/mol. The minimum atomic E-state index is 0.500. The third-order valence-corrected chi connectivity index (χ3v) is 2.83. The van der Waals surface area contributed by atoms with Crippen molar-refractivity contribution in [1.29, 1.82) is 0 Å². The van der Waals surface area contributed by atoms with E-state index >= 15 is 0 Å². The van der Waals surface area contributed by atoms with E-state index in [4.69, 9.17) is 22.1 Å². The maximum atomic E-state index is 5.98. The van der Waals surface area contributed by atoms with Gasteiger partial charge in [0.2, 0.25) is 0 Å². The molecule has 0 saturated heterocycles. The zero-order chi connectivity index (χ0) is 12.4. The highest BCUT2D eigenvalue weighted by molar-refractivity contribution is 6.32. The van der Waals surface area contributed by atoms with Crippen LogP contribution in [0.4, 0.5) is 5.82 Å². The molecule has 0 amide bonds. The molecule has 1 aromatic carbocycles. The second-order valence-electron chi connectivity index (χ2n) is 3.79. The molecule has 2 rings (SSSR count). The number of methoxy groups -OCH3 is 1. The van der Waals surface area contributed by atoms with Crippen LogP contribution in [-0.4, -0.2) is 12.1 Å². The minimum Gasteiger partial charge on any atom is -0.495 e. The number of hydrogen-bond donors (Lipinski definition) is 1. The lowest BCUT2D eigenvalue weighted by Crippen LogP contribution is -1.95. The van der Waals surface area contributed by atoms with Crippen LogP contribution in [0.5, 0.6) is 5.75 Å². The van der Waals surface area contributed by atoms with Gasteiger partial charge in [0.25, 0.3) is 0 Å². The van der Waals surface area contributed by atoms with Gasteiger partial charge in [-0.2, -0.15) is 0 Å². The van der Waals surface area contributed by atoms with Gasteiger partial charge in [-0.05, 0) is 36.2 Å². The Bertz CT molecular complexity index is 555. The summed E-state index contributed by atoms with van der Waals surface area (Å²) in [6.45, 7) is 1.98. The first-order valence-electron chi connectivity index (χ1n) is 5.18. The van der Waals surface area contributed by atoms with E-state index in [0.717, 1.165) is 16.7 Å². The van der Waals surface area contributed by atoms with Crippen molar-refractivity contribution in [3.8, 4) is 16.9 Å². The van der Waals surface area contributed by atoms with Gasteiger partial charge in [-0.1, -0.05) is 17.7 Å². The second kappa shape index (κ2) is 4.63. The Morgan fingerprint density at radius 3 is 2.76 bits per heavy atom. The van der Waals surface area contributed by atoms with Crippen molar-refractivity contribution < 1.29 is 4.74 Å². The monoisotopic (exact) mass is 248 g/mol. The van der Waals surface area contributed by atoms with Crippen LogP contribution < -0.4 is 10.5 Å². The Morgan fingerprint density at radius 1 is 1.29 bits per heavy atom. The fraction of sp³-hybridized carbons (Fsp3) is 0.154. The van der Waals surface area contributed by atoms with Crippen LogP contribution in [0.3, 0.4) is 0 Å². The SMILES string of the molecule is COc1cc(-c2cc(C)cnc2N)ccc1Cl. The fourth-order valence-electron chi connectivity index (χ4n) is 1.64. The van der Waals surface area contributed by atoms with Crippen molar-refractivity contribution in [2.24, 2.45) is 0 Å². The van der Waals surface area contributed by atoms with Crippen molar-refractivity contribution in [2.75, 3.05) is 12.8 Å². The number of aryl methyl sites for hydroxylation is 1. The number of nitrogens with zero attached hydrogens (tertiary/aromatic N) is 1. The molecule has 2 N–H and O–H groups in total. The van der Waals surface area contributed by atoms with E-state index in [1.54, 1.807) is 19.4 Å². The van der Waals surface area contributed by atoms with E-state index < -0.39 is 0 Å². The summed E-state index contributed by atoms with van der Waals surface area (Å²) >= 11 is 5.98. The van der Waals surface area contributed by atoms with Crippen LogP contribution in [0.1, 0.15) is 5.56 Å². The van der Waals surface area contributed by atoms with Gasteiger partial charge in [0.05, 0.1) is 12.1 Å². The molecule has 0 bridgehead atoms. The quantitative estimate of drug-likeness (QED) is 0.887. The molecule has 2 aromatic rings. The second-order valence-corrected chi connectivity index (χ2v) is 4.20. The summed E-state index contributed by atoms with van der Waals surface area (Å²) in [4.78, 5) is 4.14. The number of rotatable bonds is 2. The maximum Gasteiger partial charge on any atom is 0.138 e. The molecule has 0 fully saturated rings.